The zero-order chi connectivity index (χ0) is 10.9. The topological polar surface area (TPSA) is 38.7 Å². The number of aliphatic hydroxyl groups excluding tert-OH is 1. The molecule has 0 radical (unpaired) electrons. The van der Waals surface area contributed by atoms with Gasteiger partial charge in [-0.15, -0.1) is 0 Å². The van der Waals surface area contributed by atoms with Gasteiger partial charge >= 0.3 is 0 Å². The number of halogens is 1. The summed E-state index contributed by atoms with van der Waals surface area (Å²) in [6, 6.07) is 5.96. The van der Waals surface area contributed by atoms with E-state index in [0.29, 0.717) is 6.61 Å². The summed E-state index contributed by atoms with van der Waals surface area (Å²) in [6.07, 6.45) is -0.306. The molecule has 1 aromatic rings. The molecule has 1 aliphatic rings. The van der Waals surface area contributed by atoms with Gasteiger partial charge in [-0.2, -0.15) is 0 Å². The molecule has 0 saturated carbocycles. The molecule has 2 atom stereocenters. The maximum absolute atomic E-state index is 12.7. The molecule has 0 aliphatic carbocycles. The highest BCUT2D eigenvalue weighted by molar-refractivity contribution is 5.21. The predicted octanol–water partition coefficient (Wildman–Crippen LogP) is 1.41. The molecule has 82 valence electrons. The average Bonchev–Trinajstić information content (AvgIpc) is 2.62. The summed E-state index contributed by atoms with van der Waals surface area (Å²) in [6.45, 7) is 2.04. The molecule has 0 bridgehead atoms. The Morgan fingerprint density at radius 3 is 2.67 bits per heavy atom. The second-order valence-electron chi connectivity index (χ2n) is 3.69. The number of aliphatic hydroxyl groups is 1. The van der Waals surface area contributed by atoms with Crippen LogP contribution in [0.15, 0.2) is 24.3 Å². The van der Waals surface area contributed by atoms with E-state index in [0.717, 1.165) is 5.56 Å². The Bertz CT molecular complexity index is 338. The number of rotatable bonds is 2. The van der Waals surface area contributed by atoms with Crippen LogP contribution in [-0.4, -0.2) is 24.4 Å². The zero-order valence-electron chi connectivity index (χ0n) is 8.44. The highest BCUT2D eigenvalue weighted by Gasteiger charge is 2.38. The molecular formula is C11H13FO3. The molecule has 0 aromatic heterocycles. The summed E-state index contributed by atoms with van der Waals surface area (Å²) in [5, 5.41) is 8.92. The summed E-state index contributed by atoms with van der Waals surface area (Å²) in [5.74, 6) is -1.17. The van der Waals surface area contributed by atoms with Crippen LogP contribution >= 0.6 is 0 Å². The van der Waals surface area contributed by atoms with Crippen LogP contribution in [0.25, 0.3) is 0 Å². The van der Waals surface area contributed by atoms with E-state index in [9.17, 15) is 4.39 Å². The Morgan fingerprint density at radius 1 is 1.47 bits per heavy atom. The first-order valence-electron chi connectivity index (χ1n) is 4.83. The first-order valence-corrected chi connectivity index (χ1v) is 4.83. The Labute approximate surface area is 87.4 Å². The van der Waals surface area contributed by atoms with E-state index in [4.69, 9.17) is 14.6 Å². The van der Waals surface area contributed by atoms with Crippen molar-refractivity contribution >= 4 is 0 Å². The molecule has 1 saturated heterocycles. The van der Waals surface area contributed by atoms with E-state index >= 15 is 0 Å². The lowest BCUT2D eigenvalue weighted by Crippen LogP contribution is -2.24. The van der Waals surface area contributed by atoms with Gasteiger partial charge in [0.1, 0.15) is 11.9 Å². The second-order valence-corrected chi connectivity index (χ2v) is 3.69. The lowest BCUT2D eigenvalue weighted by Gasteiger charge is -2.23. The van der Waals surface area contributed by atoms with E-state index in [1.807, 2.05) is 0 Å². The van der Waals surface area contributed by atoms with Crippen molar-refractivity contribution in [2.75, 3.05) is 13.2 Å². The van der Waals surface area contributed by atoms with Crippen LogP contribution in [-0.2, 0) is 15.3 Å². The molecule has 3 nitrogen and oxygen atoms in total. The smallest absolute Gasteiger partial charge is 0.192 e. The third-order valence-corrected chi connectivity index (χ3v) is 2.51. The fraction of sp³-hybridized carbons (Fsp3) is 0.455. The highest BCUT2D eigenvalue weighted by atomic mass is 19.1. The van der Waals surface area contributed by atoms with Gasteiger partial charge in [0, 0.05) is 5.56 Å². The predicted molar refractivity (Wildman–Crippen MR) is 51.7 cm³/mol. The Morgan fingerprint density at radius 2 is 2.13 bits per heavy atom. The van der Waals surface area contributed by atoms with Crippen molar-refractivity contribution in [2.45, 2.75) is 18.8 Å². The quantitative estimate of drug-likeness (QED) is 0.805. The van der Waals surface area contributed by atoms with Crippen molar-refractivity contribution in [3.63, 3.8) is 0 Å². The van der Waals surface area contributed by atoms with Crippen LogP contribution in [0, 0.1) is 5.82 Å². The van der Waals surface area contributed by atoms with Crippen molar-refractivity contribution in [3.8, 4) is 0 Å². The maximum atomic E-state index is 12.7. The van der Waals surface area contributed by atoms with Crippen LogP contribution in [0.3, 0.4) is 0 Å². The van der Waals surface area contributed by atoms with Crippen LogP contribution in [0.1, 0.15) is 12.5 Å². The largest absolute Gasteiger partial charge is 0.394 e. The van der Waals surface area contributed by atoms with E-state index < -0.39 is 5.79 Å². The van der Waals surface area contributed by atoms with Gasteiger partial charge in [0.15, 0.2) is 5.79 Å². The van der Waals surface area contributed by atoms with Crippen molar-refractivity contribution < 1.29 is 19.0 Å². The highest BCUT2D eigenvalue weighted by Crippen LogP contribution is 2.33. The third kappa shape index (κ3) is 2.02. The molecule has 15 heavy (non-hydrogen) atoms. The minimum Gasteiger partial charge on any atom is -0.394 e. The maximum Gasteiger partial charge on any atom is 0.192 e. The summed E-state index contributed by atoms with van der Waals surface area (Å²) < 4.78 is 23.7. The lowest BCUT2D eigenvalue weighted by molar-refractivity contribution is -0.165. The van der Waals surface area contributed by atoms with Crippen molar-refractivity contribution in [1.29, 1.82) is 0 Å². The average molecular weight is 212 g/mol. The zero-order valence-corrected chi connectivity index (χ0v) is 8.44. The van der Waals surface area contributed by atoms with Crippen LogP contribution < -0.4 is 0 Å². The second kappa shape index (κ2) is 3.89. The number of hydrogen-bond donors (Lipinski definition) is 1. The Kier molecular flexibility index (Phi) is 2.73. The molecule has 2 rings (SSSR count). The van der Waals surface area contributed by atoms with Crippen molar-refractivity contribution in [2.24, 2.45) is 0 Å². The standard InChI is InChI=1S/C11H13FO3/c1-11(14-7-10(6-13)15-11)8-2-4-9(12)5-3-8/h2-5,10,13H,6-7H2,1H3. The number of ether oxygens (including phenoxy) is 2. The van der Waals surface area contributed by atoms with E-state index in [2.05, 4.69) is 0 Å². The van der Waals surface area contributed by atoms with Crippen LogP contribution in [0.4, 0.5) is 4.39 Å². The minimum atomic E-state index is -0.874. The Balaban J connectivity index is 2.20. The van der Waals surface area contributed by atoms with E-state index in [-0.39, 0.29) is 18.5 Å². The first kappa shape index (κ1) is 10.5. The fourth-order valence-electron chi connectivity index (χ4n) is 1.63. The summed E-state index contributed by atoms with van der Waals surface area (Å²) in [7, 11) is 0. The third-order valence-electron chi connectivity index (χ3n) is 2.51. The molecule has 4 heteroatoms. The van der Waals surface area contributed by atoms with Crippen LogP contribution in [0.5, 0.6) is 0 Å². The van der Waals surface area contributed by atoms with Gasteiger partial charge < -0.3 is 14.6 Å². The molecule has 0 spiro atoms. The van der Waals surface area contributed by atoms with E-state index in [1.165, 1.54) is 12.1 Å². The van der Waals surface area contributed by atoms with Gasteiger partial charge in [-0.05, 0) is 19.1 Å². The van der Waals surface area contributed by atoms with Gasteiger partial charge in [-0.1, -0.05) is 12.1 Å². The molecule has 0 amide bonds. The van der Waals surface area contributed by atoms with Gasteiger partial charge in [-0.3, -0.25) is 0 Å². The fourth-order valence-corrected chi connectivity index (χ4v) is 1.63. The molecule has 1 heterocycles. The monoisotopic (exact) mass is 212 g/mol. The lowest BCUT2D eigenvalue weighted by atomic mass is 10.1. The molecule has 1 aromatic carbocycles. The van der Waals surface area contributed by atoms with Gasteiger partial charge in [0.25, 0.3) is 0 Å². The molecule has 1 N–H and O–H groups in total. The minimum absolute atomic E-state index is 0.0726. The van der Waals surface area contributed by atoms with Crippen molar-refractivity contribution in [1.82, 2.24) is 0 Å². The Hall–Kier alpha value is -0.970. The van der Waals surface area contributed by atoms with Crippen molar-refractivity contribution in [3.05, 3.63) is 35.6 Å². The summed E-state index contributed by atoms with van der Waals surface area (Å²) in [4.78, 5) is 0. The number of hydrogen-bond acceptors (Lipinski definition) is 3. The molecular weight excluding hydrogens is 199 g/mol. The summed E-state index contributed by atoms with van der Waals surface area (Å²) in [5.41, 5.74) is 0.750. The number of benzene rings is 1. The van der Waals surface area contributed by atoms with Gasteiger partial charge in [0.2, 0.25) is 0 Å². The molecule has 1 aliphatic heterocycles. The molecule has 1 fully saturated rings. The van der Waals surface area contributed by atoms with Gasteiger partial charge in [0.05, 0.1) is 13.2 Å². The SMILES string of the molecule is CC1(c2ccc(F)cc2)OCC(CO)O1. The van der Waals surface area contributed by atoms with E-state index in [1.54, 1.807) is 19.1 Å². The first-order chi connectivity index (χ1) is 7.14. The normalized spacial score (nSPS) is 30.7. The molecule has 2 unspecified atom stereocenters. The summed E-state index contributed by atoms with van der Waals surface area (Å²) >= 11 is 0. The van der Waals surface area contributed by atoms with Crippen LogP contribution in [0.2, 0.25) is 0 Å². The van der Waals surface area contributed by atoms with Gasteiger partial charge in [-0.25, -0.2) is 4.39 Å².